The number of fused-ring (bicyclic) bond motifs is 1. The lowest BCUT2D eigenvalue weighted by Crippen LogP contribution is -2.47. The van der Waals surface area contributed by atoms with Gasteiger partial charge in [0.2, 0.25) is 11.9 Å². The van der Waals surface area contributed by atoms with E-state index in [1.54, 1.807) is 33.0 Å². The summed E-state index contributed by atoms with van der Waals surface area (Å²) in [6.07, 6.45) is -3.54. The van der Waals surface area contributed by atoms with Crippen molar-refractivity contribution in [2.75, 3.05) is 50.7 Å². The monoisotopic (exact) mass is 832 g/mol. The predicted octanol–water partition coefficient (Wildman–Crippen LogP) is 3.40. The van der Waals surface area contributed by atoms with E-state index < -0.39 is 51.5 Å². The Hall–Kier alpha value is -5.40. The van der Waals surface area contributed by atoms with Crippen molar-refractivity contribution >= 4 is 50.2 Å². The number of aromatic nitrogens is 4. The third-order valence-corrected chi connectivity index (χ3v) is 12.2. The van der Waals surface area contributed by atoms with Crippen molar-refractivity contribution in [2.24, 2.45) is 5.92 Å². The zero-order chi connectivity index (χ0) is 41.2. The van der Waals surface area contributed by atoms with Crippen LogP contribution in [0, 0.1) is 5.92 Å². The van der Waals surface area contributed by atoms with E-state index in [2.05, 4.69) is 20.3 Å². The number of imidazole rings is 1. The first kappa shape index (κ1) is 40.8. The van der Waals surface area contributed by atoms with Crippen molar-refractivity contribution in [1.82, 2.24) is 24.4 Å². The van der Waals surface area contributed by atoms with E-state index in [-0.39, 0.29) is 59.4 Å². The first-order chi connectivity index (χ1) is 27.8. The Kier molecular flexibility index (Phi) is 11.8. The van der Waals surface area contributed by atoms with Crippen molar-refractivity contribution in [1.29, 1.82) is 0 Å². The van der Waals surface area contributed by atoms with Crippen molar-refractivity contribution < 1.29 is 42.0 Å². The fourth-order valence-corrected chi connectivity index (χ4v) is 8.50. The highest BCUT2D eigenvalue weighted by atomic mass is 32.2. The second-order valence-electron chi connectivity index (χ2n) is 14.2. The maximum absolute atomic E-state index is 13.2. The van der Waals surface area contributed by atoms with E-state index >= 15 is 0 Å². The summed E-state index contributed by atoms with van der Waals surface area (Å²) in [5.41, 5.74) is 0.404. The molecule has 2 aliphatic heterocycles. The molecule has 16 nitrogen and oxygen atoms in total. The number of sulfone groups is 1. The third kappa shape index (κ3) is 8.15. The highest BCUT2D eigenvalue weighted by Gasteiger charge is 2.50. The normalized spacial score (nSPS) is 20.6. The Bertz CT molecular complexity index is 2360. The summed E-state index contributed by atoms with van der Waals surface area (Å²) in [4.78, 5) is 38.7. The first-order valence-corrected chi connectivity index (χ1v) is 20.8. The molecule has 2 aromatic heterocycles. The maximum Gasteiger partial charge on any atom is 0.280 e. The molecule has 7 rings (SSSR count). The second kappa shape index (κ2) is 16.8. The zero-order valence-electron chi connectivity index (χ0n) is 32.2. The van der Waals surface area contributed by atoms with Gasteiger partial charge < -0.3 is 33.7 Å². The van der Waals surface area contributed by atoms with Gasteiger partial charge in [0, 0.05) is 19.0 Å². The highest BCUT2D eigenvalue weighted by Crippen LogP contribution is 2.43. The summed E-state index contributed by atoms with van der Waals surface area (Å²) in [7, 11) is -0.0578. The molecule has 4 atom stereocenters. The fourth-order valence-electron chi connectivity index (χ4n) is 7.01. The van der Waals surface area contributed by atoms with Crippen LogP contribution in [0.2, 0.25) is 0 Å². The minimum absolute atomic E-state index is 0.0377. The summed E-state index contributed by atoms with van der Waals surface area (Å²) in [5, 5.41) is 14.7. The van der Waals surface area contributed by atoms with Gasteiger partial charge in [-0.05, 0) is 53.2 Å². The summed E-state index contributed by atoms with van der Waals surface area (Å²) < 4.78 is 56.8. The standard InChI is InChI=1S/C40H44N6O10S2/c1-24(2)35(48)43-38-42-34-31(36(49)44-38)41-23-46(34)37-33(56-39(57)45-18-20-58(50,51)21-19-45)32(47)30(55-37)22-54-40(25-8-6-5-7-9-25,26-10-14-28(52-3)15-11-26)27-12-16-29(53-4)17-13-27/h5-17,23-24,30,32-33,37,47H,18-22H2,1-4H3,(H2,42,43,44,48,49)/t30-,32-,33-,37-/m1/s1. The number of anilines is 1. The Labute approximate surface area is 340 Å². The van der Waals surface area contributed by atoms with Crippen LogP contribution in [-0.2, 0) is 34.4 Å². The molecular weight excluding hydrogens is 789 g/mol. The molecule has 0 radical (unpaired) electrons. The largest absolute Gasteiger partial charge is 0.497 e. The van der Waals surface area contributed by atoms with Gasteiger partial charge in [-0.15, -0.1) is 0 Å². The summed E-state index contributed by atoms with van der Waals surface area (Å²) in [6.45, 7) is 3.41. The van der Waals surface area contributed by atoms with Gasteiger partial charge in [-0.2, -0.15) is 4.98 Å². The molecule has 2 aliphatic rings. The van der Waals surface area contributed by atoms with E-state index in [1.807, 2.05) is 78.9 Å². The Morgan fingerprint density at radius 3 is 2.14 bits per heavy atom. The van der Waals surface area contributed by atoms with Gasteiger partial charge in [0.25, 0.3) is 10.7 Å². The van der Waals surface area contributed by atoms with Gasteiger partial charge in [-0.1, -0.05) is 68.4 Å². The van der Waals surface area contributed by atoms with E-state index in [9.17, 15) is 23.1 Å². The number of thiocarbonyl (C=S) groups is 1. The lowest BCUT2D eigenvalue weighted by Gasteiger charge is -2.37. The molecule has 5 aromatic rings. The number of benzene rings is 3. The van der Waals surface area contributed by atoms with Crippen LogP contribution in [0.1, 0.15) is 36.8 Å². The number of hydrogen-bond donors (Lipinski definition) is 3. The lowest BCUT2D eigenvalue weighted by atomic mass is 9.80. The molecule has 3 N–H and O–H groups in total. The van der Waals surface area contributed by atoms with Gasteiger partial charge in [0.15, 0.2) is 33.3 Å². The van der Waals surface area contributed by atoms with Crippen LogP contribution in [0.4, 0.5) is 5.95 Å². The molecule has 0 aliphatic carbocycles. The van der Waals surface area contributed by atoms with Gasteiger partial charge in [0.05, 0.1) is 38.7 Å². The van der Waals surface area contributed by atoms with Crippen LogP contribution in [-0.4, -0.2) is 113 Å². The average molecular weight is 833 g/mol. The molecular formula is C40H44N6O10S2. The molecule has 306 valence electrons. The summed E-state index contributed by atoms with van der Waals surface area (Å²) in [5.74, 6) is 0.195. The van der Waals surface area contributed by atoms with E-state index in [4.69, 9.17) is 35.9 Å². The van der Waals surface area contributed by atoms with Crippen LogP contribution in [0.5, 0.6) is 11.5 Å². The van der Waals surface area contributed by atoms with Gasteiger partial charge >= 0.3 is 0 Å². The van der Waals surface area contributed by atoms with Gasteiger partial charge in [0.1, 0.15) is 29.3 Å². The van der Waals surface area contributed by atoms with Crippen molar-refractivity contribution in [3.63, 3.8) is 0 Å². The Morgan fingerprint density at radius 1 is 0.983 bits per heavy atom. The van der Waals surface area contributed by atoms with Gasteiger partial charge in [-0.3, -0.25) is 24.5 Å². The number of aliphatic hydroxyl groups excluding tert-OH is 1. The number of methoxy groups -OCH3 is 2. The molecule has 0 unspecified atom stereocenters. The molecule has 4 heterocycles. The highest BCUT2D eigenvalue weighted by molar-refractivity contribution is 7.91. The number of nitrogens with zero attached hydrogens (tertiary/aromatic N) is 4. The predicted molar refractivity (Wildman–Crippen MR) is 217 cm³/mol. The van der Waals surface area contributed by atoms with Crippen LogP contribution in [0.25, 0.3) is 11.2 Å². The molecule has 2 fully saturated rings. The van der Waals surface area contributed by atoms with Crippen LogP contribution in [0.3, 0.4) is 0 Å². The zero-order valence-corrected chi connectivity index (χ0v) is 33.9. The molecule has 0 spiro atoms. The fraction of sp³-hybridized carbons (Fsp3) is 0.375. The number of ether oxygens (including phenoxy) is 5. The Morgan fingerprint density at radius 2 is 1.57 bits per heavy atom. The number of hydrogen-bond acceptors (Lipinski definition) is 13. The molecule has 0 bridgehead atoms. The summed E-state index contributed by atoms with van der Waals surface area (Å²) >= 11 is 5.67. The number of amides is 1. The lowest BCUT2D eigenvalue weighted by molar-refractivity contribution is -0.118. The van der Waals surface area contributed by atoms with Crippen molar-refractivity contribution in [2.45, 2.75) is 44.0 Å². The topological polar surface area (TPSA) is 196 Å². The van der Waals surface area contributed by atoms with Crippen LogP contribution in [0.15, 0.2) is 90.0 Å². The minimum Gasteiger partial charge on any atom is -0.497 e. The number of H-pyrrole nitrogens is 1. The second-order valence-corrected chi connectivity index (χ2v) is 16.9. The molecule has 3 aromatic carbocycles. The minimum atomic E-state index is -3.23. The van der Waals surface area contributed by atoms with Crippen LogP contribution >= 0.6 is 12.2 Å². The number of nitrogens with one attached hydrogen (secondary N) is 2. The van der Waals surface area contributed by atoms with E-state index in [0.29, 0.717) is 11.5 Å². The first-order valence-electron chi connectivity index (χ1n) is 18.6. The number of aliphatic hydroxyl groups is 1. The van der Waals surface area contributed by atoms with Gasteiger partial charge in [-0.25, -0.2) is 13.4 Å². The molecule has 1 amide bonds. The molecule has 0 saturated carbocycles. The number of aromatic amines is 1. The maximum atomic E-state index is 13.2. The average Bonchev–Trinajstić information content (AvgIpc) is 3.79. The van der Waals surface area contributed by atoms with E-state index in [0.717, 1.165) is 16.7 Å². The smallest absolute Gasteiger partial charge is 0.280 e. The third-order valence-electron chi connectivity index (χ3n) is 10.3. The quantitative estimate of drug-likeness (QED) is 0.122. The number of carbonyl (C=O) groups excluding carboxylic acids is 1. The summed E-state index contributed by atoms with van der Waals surface area (Å²) in [6, 6.07) is 24.6. The number of rotatable bonds is 12. The molecule has 2 saturated heterocycles. The van der Waals surface area contributed by atoms with Crippen LogP contribution < -0.4 is 20.3 Å². The van der Waals surface area contributed by atoms with Crippen molar-refractivity contribution in [3.05, 3.63) is 112 Å². The molecule has 18 heteroatoms. The van der Waals surface area contributed by atoms with Crippen molar-refractivity contribution in [3.8, 4) is 11.5 Å². The SMILES string of the molecule is COc1ccc(C(OC[C@H]2O[C@@H](n3cnc4c(=O)[nH]c(NC(=O)C(C)C)nc43)[C@H](OC(=S)N3CCS(=O)(=O)CC3)[C@@H]2O)(c2ccccc2)c2ccc(OC)cc2)cc1. The Balaban J connectivity index is 1.28. The number of carbonyl (C=O) groups is 1. The molecule has 58 heavy (non-hydrogen) atoms. The van der Waals surface area contributed by atoms with E-state index in [1.165, 1.54) is 10.9 Å².